The van der Waals surface area contributed by atoms with E-state index in [0.717, 1.165) is 16.9 Å². The Morgan fingerprint density at radius 1 is 1.03 bits per heavy atom. The van der Waals surface area contributed by atoms with Gasteiger partial charge in [-0.15, -0.1) is 0 Å². The van der Waals surface area contributed by atoms with Crippen molar-refractivity contribution in [1.29, 1.82) is 0 Å². The van der Waals surface area contributed by atoms with E-state index in [1.807, 2.05) is 54.6 Å². The molecule has 4 rings (SSSR count). The molecule has 2 aromatic carbocycles. The first-order valence-corrected chi connectivity index (χ1v) is 9.95. The van der Waals surface area contributed by atoms with Gasteiger partial charge < -0.3 is 14.6 Å². The second-order valence-corrected chi connectivity index (χ2v) is 7.28. The van der Waals surface area contributed by atoms with Crippen LogP contribution >= 0.6 is 15.9 Å². The fraction of sp³-hybridized carbons (Fsp3) is 0.143. The molecule has 0 bridgehead atoms. The summed E-state index contributed by atoms with van der Waals surface area (Å²) >= 11 is 3.35. The number of benzene rings is 2. The van der Waals surface area contributed by atoms with Crippen LogP contribution in [0.25, 0.3) is 11.0 Å². The van der Waals surface area contributed by atoms with E-state index in [0.29, 0.717) is 17.8 Å². The van der Waals surface area contributed by atoms with Gasteiger partial charge in [0.15, 0.2) is 10.3 Å². The van der Waals surface area contributed by atoms with Crippen LogP contribution in [0.1, 0.15) is 11.1 Å². The highest BCUT2D eigenvalue weighted by molar-refractivity contribution is 9.10. The predicted molar refractivity (Wildman–Crippen MR) is 118 cm³/mol. The molecule has 8 nitrogen and oxygen atoms in total. The van der Waals surface area contributed by atoms with Gasteiger partial charge in [-0.25, -0.2) is 4.98 Å². The van der Waals surface area contributed by atoms with Crippen molar-refractivity contribution in [3.8, 4) is 5.75 Å². The Labute approximate surface area is 179 Å². The first-order chi connectivity index (χ1) is 14.5. The summed E-state index contributed by atoms with van der Waals surface area (Å²) in [4.78, 5) is 36.4. The van der Waals surface area contributed by atoms with Gasteiger partial charge in [-0.1, -0.05) is 42.5 Å². The number of rotatable bonds is 6. The molecule has 0 atom stereocenters. The number of anilines is 1. The van der Waals surface area contributed by atoms with Gasteiger partial charge in [0.1, 0.15) is 11.3 Å². The Morgan fingerprint density at radius 3 is 2.47 bits per heavy atom. The summed E-state index contributed by atoms with van der Waals surface area (Å²) in [6.45, 7) is 0.765. The van der Waals surface area contributed by atoms with Crippen molar-refractivity contribution in [3.63, 3.8) is 0 Å². The van der Waals surface area contributed by atoms with Crippen molar-refractivity contribution in [2.24, 2.45) is 0 Å². The summed E-state index contributed by atoms with van der Waals surface area (Å²) in [5.41, 5.74) is 1.03. The molecule has 152 valence electrons. The summed E-state index contributed by atoms with van der Waals surface area (Å²) < 4.78 is 7.19. The summed E-state index contributed by atoms with van der Waals surface area (Å²) in [7, 11) is 1.60. The summed E-state index contributed by atoms with van der Waals surface area (Å²) in [5, 5.41) is 2.99. The fourth-order valence-electron chi connectivity index (χ4n) is 3.08. The minimum Gasteiger partial charge on any atom is -0.497 e. The quantitative estimate of drug-likeness (QED) is 0.451. The Hall–Kier alpha value is -3.46. The van der Waals surface area contributed by atoms with Gasteiger partial charge in [0.05, 0.1) is 13.7 Å². The van der Waals surface area contributed by atoms with E-state index in [-0.39, 0.29) is 17.0 Å². The van der Waals surface area contributed by atoms with Crippen LogP contribution in [0.4, 0.5) is 5.95 Å². The summed E-state index contributed by atoms with van der Waals surface area (Å²) in [5.74, 6) is 0.830. The molecule has 0 unspecified atom stereocenters. The van der Waals surface area contributed by atoms with Crippen LogP contribution in [-0.4, -0.2) is 26.6 Å². The highest BCUT2D eigenvalue weighted by Crippen LogP contribution is 2.19. The Balaban J connectivity index is 1.72. The minimum atomic E-state index is -0.590. The van der Waals surface area contributed by atoms with Gasteiger partial charge in [-0.3, -0.25) is 14.6 Å². The van der Waals surface area contributed by atoms with Gasteiger partial charge in [-0.05, 0) is 39.2 Å². The molecule has 30 heavy (non-hydrogen) atoms. The van der Waals surface area contributed by atoms with Crippen LogP contribution in [0.2, 0.25) is 0 Å². The highest BCUT2D eigenvalue weighted by Gasteiger charge is 2.16. The maximum Gasteiger partial charge on any atom is 0.301 e. The second-order valence-electron chi connectivity index (χ2n) is 6.57. The van der Waals surface area contributed by atoms with Crippen molar-refractivity contribution in [2.45, 2.75) is 13.1 Å². The molecule has 0 radical (unpaired) electrons. The topological polar surface area (TPSA) is 102 Å². The molecule has 4 aromatic rings. The number of imidazole rings is 1. The maximum absolute atomic E-state index is 12.9. The zero-order valence-corrected chi connectivity index (χ0v) is 17.6. The molecule has 0 aliphatic carbocycles. The smallest absolute Gasteiger partial charge is 0.301 e. The van der Waals surface area contributed by atoms with E-state index in [1.165, 1.54) is 0 Å². The van der Waals surface area contributed by atoms with E-state index >= 15 is 0 Å². The third-order valence-corrected chi connectivity index (χ3v) is 5.19. The number of hydrogen-bond donors (Lipinski definition) is 2. The molecule has 0 aliphatic heterocycles. The molecule has 0 spiro atoms. The number of halogens is 1. The minimum absolute atomic E-state index is 0.00407. The van der Waals surface area contributed by atoms with Gasteiger partial charge in [0.2, 0.25) is 5.95 Å². The average Bonchev–Trinajstić information content (AvgIpc) is 3.03. The van der Waals surface area contributed by atoms with Crippen molar-refractivity contribution in [3.05, 3.63) is 91.2 Å². The molecule has 9 heteroatoms. The van der Waals surface area contributed by atoms with E-state index in [9.17, 15) is 9.59 Å². The standard InChI is InChI=1S/C21H18BrN5O3/c1-30-15-9-7-14(8-10-15)12-27-17-16(24-20(27)22)18(28)25-21(26-19(17)29)23-11-13-5-3-2-4-6-13/h2-10H,11-12H2,1H3,(H2,23,25,26,28,29). The molecule has 0 aliphatic rings. The number of nitrogens with zero attached hydrogens (tertiary/aromatic N) is 3. The molecule has 0 saturated heterocycles. The molecule has 2 heterocycles. The SMILES string of the molecule is COc1ccc(Cn2c(Br)nc3c(=O)nc(NCc4ccccc4)[nH]c(=O)c32)cc1. The maximum atomic E-state index is 12.9. The predicted octanol–water partition coefficient (Wildman–Crippen LogP) is 2.91. The van der Waals surface area contributed by atoms with E-state index < -0.39 is 11.1 Å². The number of nitrogens with one attached hydrogen (secondary N) is 2. The van der Waals surface area contributed by atoms with E-state index in [2.05, 4.69) is 36.2 Å². The van der Waals surface area contributed by atoms with Crippen molar-refractivity contribution in [1.82, 2.24) is 19.5 Å². The van der Waals surface area contributed by atoms with Gasteiger partial charge in [-0.2, -0.15) is 4.98 Å². The van der Waals surface area contributed by atoms with Crippen molar-refractivity contribution in [2.75, 3.05) is 12.4 Å². The van der Waals surface area contributed by atoms with Crippen LogP contribution in [0.3, 0.4) is 0 Å². The molecule has 0 fully saturated rings. The molecular formula is C21H18BrN5O3. The molecule has 0 amide bonds. The van der Waals surface area contributed by atoms with Crippen LogP contribution in [0.15, 0.2) is 68.9 Å². The van der Waals surface area contributed by atoms with Crippen molar-refractivity contribution < 1.29 is 4.74 Å². The lowest BCUT2D eigenvalue weighted by Crippen LogP contribution is -2.12. The lowest BCUT2D eigenvalue weighted by Gasteiger charge is -2.06. The molecule has 2 aromatic heterocycles. The number of fused-ring (bicyclic) bond motifs is 1. The fourth-order valence-corrected chi connectivity index (χ4v) is 3.56. The summed E-state index contributed by atoms with van der Waals surface area (Å²) in [6.07, 6.45) is 0. The lowest BCUT2D eigenvalue weighted by molar-refractivity contribution is 0.414. The number of hydrogen-bond acceptors (Lipinski definition) is 6. The third-order valence-electron chi connectivity index (χ3n) is 4.59. The van der Waals surface area contributed by atoms with Gasteiger partial charge in [0.25, 0.3) is 5.56 Å². The number of ether oxygens (including phenoxy) is 1. The average molecular weight is 468 g/mol. The zero-order valence-electron chi connectivity index (χ0n) is 16.1. The number of methoxy groups -OCH3 is 1. The van der Waals surface area contributed by atoms with Crippen LogP contribution in [0.5, 0.6) is 5.75 Å². The third kappa shape index (κ3) is 4.11. The Morgan fingerprint density at radius 2 is 1.77 bits per heavy atom. The number of aromatic nitrogens is 4. The van der Waals surface area contributed by atoms with Crippen molar-refractivity contribution >= 4 is 32.9 Å². The van der Waals surface area contributed by atoms with Crippen LogP contribution in [0, 0.1) is 0 Å². The first kappa shape index (κ1) is 19.8. The van der Waals surface area contributed by atoms with E-state index in [1.54, 1.807) is 11.7 Å². The highest BCUT2D eigenvalue weighted by atomic mass is 79.9. The molecule has 2 N–H and O–H groups in total. The van der Waals surface area contributed by atoms with Gasteiger partial charge in [0, 0.05) is 6.54 Å². The largest absolute Gasteiger partial charge is 0.497 e. The summed E-state index contributed by atoms with van der Waals surface area (Å²) in [6, 6.07) is 17.0. The number of H-pyrrole nitrogens is 1. The first-order valence-electron chi connectivity index (χ1n) is 9.16. The molecular weight excluding hydrogens is 450 g/mol. The van der Waals surface area contributed by atoms with Gasteiger partial charge >= 0.3 is 5.56 Å². The Bertz CT molecular complexity index is 1300. The van der Waals surface area contributed by atoms with Crippen LogP contribution < -0.4 is 21.2 Å². The zero-order chi connectivity index (χ0) is 21.1. The normalized spacial score (nSPS) is 10.9. The Kier molecular flexibility index (Phi) is 5.62. The van der Waals surface area contributed by atoms with E-state index in [4.69, 9.17) is 4.74 Å². The van der Waals surface area contributed by atoms with Crippen LogP contribution in [-0.2, 0) is 13.1 Å². The number of aromatic amines is 1. The monoisotopic (exact) mass is 467 g/mol. The molecule has 0 saturated carbocycles. The second kappa shape index (κ2) is 8.50. The lowest BCUT2D eigenvalue weighted by atomic mass is 10.2.